The van der Waals surface area contributed by atoms with Gasteiger partial charge in [0.15, 0.2) is 5.13 Å². The molecule has 1 aliphatic rings. The summed E-state index contributed by atoms with van der Waals surface area (Å²) in [5.41, 5.74) is 6.94. The van der Waals surface area contributed by atoms with Gasteiger partial charge in [-0.2, -0.15) is 0 Å². The standard InChI is InChI=1S/C26H33N3O2S/c1-18-14-21(4)25-23(15-18)27-26(32-25)29(9-5-8-28-10-12-31-13-11-28)24(30)17-22-7-6-19(2)20(3)16-22/h6-7,14-16H,5,8-13,17H2,1-4H3. The quantitative estimate of drug-likeness (QED) is 0.516. The number of hydrogen-bond acceptors (Lipinski definition) is 5. The van der Waals surface area contributed by atoms with E-state index in [9.17, 15) is 4.79 Å². The molecular formula is C26H33N3O2S. The number of anilines is 1. The van der Waals surface area contributed by atoms with Crippen LogP contribution in [0, 0.1) is 27.7 Å². The van der Waals surface area contributed by atoms with Crippen molar-refractivity contribution in [2.45, 2.75) is 40.5 Å². The van der Waals surface area contributed by atoms with Gasteiger partial charge in [-0.1, -0.05) is 35.6 Å². The first-order valence-electron chi connectivity index (χ1n) is 11.4. The Morgan fingerprint density at radius 1 is 1.06 bits per heavy atom. The summed E-state index contributed by atoms with van der Waals surface area (Å²) >= 11 is 1.63. The summed E-state index contributed by atoms with van der Waals surface area (Å²) < 4.78 is 6.63. The average molecular weight is 452 g/mol. The summed E-state index contributed by atoms with van der Waals surface area (Å²) in [4.78, 5) is 22.7. The van der Waals surface area contributed by atoms with Gasteiger partial charge < -0.3 is 4.74 Å². The molecule has 0 unspecified atom stereocenters. The van der Waals surface area contributed by atoms with Crippen molar-refractivity contribution >= 4 is 32.6 Å². The first kappa shape index (κ1) is 22.9. The minimum absolute atomic E-state index is 0.115. The predicted octanol–water partition coefficient (Wildman–Crippen LogP) is 4.83. The third kappa shape index (κ3) is 5.37. The van der Waals surface area contributed by atoms with Crippen LogP contribution in [0.1, 0.15) is 34.2 Å². The largest absolute Gasteiger partial charge is 0.379 e. The highest BCUT2D eigenvalue weighted by Crippen LogP contribution is 2.32. The number of nitrogens with zero attached hydrogens (tertiary/aromatic N) is 3. The van der Waals surface area contributed by atoms with Gasteiger partial charge in [0, 0.05) is 26.2 Å². The van der Waals surface area contributed by atoms with E-state index in [0.717, 1.165) is 55.5 Å². The molecule has 1 aliphatic heterocycles. The number of ether oxygens (including phenoxy) is 1. The second-order valence-electron chi connectivity index (χ2n) is 8.87. The zero-order chi connectivity index (χ0) is 22.7. The molecule has 2 heterocycles. The number of aromatic nitrogens is 1. The van der Waals surface area contributed by atoms with Crippen LogP contribution in [0.5, 0.6) is 0 Å². The van der Waals surface area contributed by atoms with E-state index in [2.05, 4.69) is 62.9 Å². The number of amides is 1. The van der Waals surface area contributed by atoms with Crippen LogP contribution < -0.4 is 4.90 Å². The molecule has 32 heavy (non-hydrogen) atoms. The molecule has 0 radical (unpaired) electrons. The number of carbonyl (C=O) groups is 1. The van der Waals surface area contributed by atoms with Crippen molar-refractivity contribution in [2.75, 3.05) is 44.3 Å². The van der Waals surface area contributed by atoms with E-state index in [-0.39, 0.29) is 5.91 Å². The van der Waals surface area contributed by atoms with Gasteiger partial charge in [0.25, 0.3) is 0 Å². The van der Waals surface area contributed by atoms with E-state index in [1.165, 1.54) is 27.0 Å². The lowest BCUT2D eigenvalue weighted by atomic mass is 10.0. The van der Waals surface area contributed by atoms with Crippen LogP contribution in [0.4, 0.5) is 5.13 Å². The number of aryl methyl sites for hydroxylation is 4. The van der Waals surface area contributed by atoms with Crippen LogP contribution in [0.25, 0.3) is 10.2 Å². The Morgan fingerprint density at radius 2 is 1.84 bits per heavy atom. The Balaban J connectivity index is 1.56. The molecule has 3 aromatic rings. The van der Waals surface area contributed by atoms with Crippen LogP contribution in [0.2, 0.25) is 0 Å². The topological polar surface area (TPSA) is 45.7 Å². The molecule has 0 bridgehead atoms. The molecule has 1 amide bonds. The smallest absolute Gasteiger partial charge is 0.233 e. The number of benzene rings is 2. The highest BCUT2D eigenvalue weighted by atomic mass is 32.1. The summed E-state index contributed by atoms with van der Waals surface area (Å²) in [7, 11) is 0. The van der Waals surface area contributed by atoms with Gasteiger partial charge in [0.2, 0.25) is 5.91 Å². The van der Waals surface area contributed by atoms with E-state index in [1.807, 2.05) is 4.90 Å². The maximum atomic E-state index is 13.5. The highest BCUT2D eigenvalue weighted by Gasteiger charge is 2.21. The van der Waals surface area contributed by atoms with E-state index in [0.29, 0.717) is 13.0 Å². The van der Waals surface area contributed by atoms with E-state index in [4.69, 9.17) is 9.72 Å². The Labute approximate surface area is 195 Å². The van der Waals surface area contributed by atoms with Crippen molar-refractivity contribution in [1.82, 2.24) is 9.88 Å². The summed E-state index contributed by atoms with van der Waals surface area (Å²) in [5, 5.41) is 0.810. The predicted molar refractivity (Wildman–Crippen MR) is 133 cm³/mol. The van der Waals surface area contributed by atoms with Gasteiger partial charge in [0.1, 0.15) is 0 Å². The van der Waals surface area contributed by atoms with E-state index >= 15 is 0 Å². The minimum Gasteiger partial charge on any atom is -0.379 e. The fourth-order valence-corrected chi connectivity index (χ4v) is 5.33. The molecule has 0 spiro atoms. The monoisotopic (exact) mass is 451 g/mol. The lowest BCUT2D eigenvalue weighted by molar-refractivity contribution is -0.118. The molecule has 1 fully saturated rings. The fraction of sp³-hybridized carbons (Fsp3) is 0.462. The number of morpholine rings is 1. The Kier molecular flexibility index (Phi) is 7.23. The summed E-state index contributed by atoms with van der Waals surface area (Å²) in [5.74, 6) is 0.115. The number of fused-ring (bicyclic) bond motifs is 1. The third-order valence-electron chi connectivity index (χ3n) is 6.23. The molecule has 1 saturated heterocycles. The van der Waals surface area contributed by atoms with Crippen LogP contribution in [-0.4, -0.2) is 55.2 Å². The van der Waals surface area contributed by atoms with Gasteiger partial charge in [-0.3, -0.25) is 14.6 Å². The molecule has 2 aromatic carbocycles. The second-order valence-corrected chi connectivity index (χ2v) is 9.85. The number of hydrogen-bond donors (Lipinski definition) is 0. The van der Waals surface area contributed by atoms with Crippen molar-refractivity contribution in [1.29, 1.82) is 0 Å². The Morgan fingerprint density at radius 3 is 2.59 bits per heavy atom. The maximum absolute atomic E-state index is 13.5. The molecule has 170 valence electrons. The molecule has 6 heteroatoms. The zero-order valence-electron chi connectivity index (χ0n) is 19.6. The highest BCUT2D eigenvalue weighted by molar-refractivity contribution is 7.22. The third-order valence-corrected chi connectivity index (χ3v) is 7.46. The lowest BCUT2D eigenvalue weighted by Gasteiger charge is -2.27. The lowest BCUT2D eigenvalue weighted by Crippen LogP contribution is -2.39. The Bertz CT molecular complexity index is 1100. The van der Waals surface area contributed by atoms with E-state index in [1.54, 1.807) is 11.3 Å². The Hall–Kier alpha value is -2.28. The van der Waals surface area contributed by atoms with Crippen molar-refractivity contribution in [3.05, 3.63) is 58.1 Å². The molecule has 0 aliphatic carbocycles. The number of rotatable bonds is 7. The summed E-state index contributed by atoms with van der Waals surface area (Å²) in [6.45, 7) is 13.6. The fourth-order valence-electron chi connectivity index (χ4n) is 4.27. The average Bonchev–Trinajstić information content (AvgIpc) is 3.18. The molecule has 4 rings (SSSR count). The number of thiazole rings is 1. The second kappa shape index (κ2) is 10.1. The number of carbonyl (C=O) groups excluding carboxylic acids is 1. The first-order valence-corrected chi connectivity index (χ1v) is 12.3. The van der Waals surface area contributed by atoms with Crippen molar-refractivity contribution < 1.29 is 9.53 Å². The SMILES string of the molecule is Cc1cc(C)c2sc(N(CCCN3CCOCC3)C(=O)Cc3ccc(C)c(C)c3)nc2c1. The zero-order valence-corrected chi connectivity index (χ0v) is 20.4. The molecule has 0 saturated carbocycles. The van der Waals surface area contributed by atoms with Gasteiger partial charge >= 0.3 is 0 Å². The van der Waals surface area contributed by atoms with Crippen molar-refractivity contribution in [2.24, 2.45) is 0 Å². The summed E-state index contributed by atoms with van der Waals surface area (Å²) in [6.07, 6.45) is 1.32. The van der Waals surface area contributed by atoms with Gasteiger partial charge in [-0.15, -0.1) is 0 Å². The first-order chi connectivity index (χ1) is 15.4. The molecular weight excluding hydrogens is 418 g/mol. The summed E-state index contributed by atoms with van der Waals surface area (Å²) in [6, 6.07) is 10.6. The van der Waals surface area contributed by atoms with Crippen molar-refractivity contribution in [3.63, 3.8) is 0 Å². The van der Waals surface area contributed by atoms with Crippen LogP contribution in [-0.2, 0) is 16.0 Å². The van der Waals surface area contributed by atoms with Gasteiger partial charge in [-0.05, 0) is 68.0 Å². The molecule has 0 N–H and O–H groups in total. The van der Waals surface area contributed by atoms with E-state index < -0.39 is 0 Å². The normalized spacial score (nSPS) is 14.8. The van der Waals surface area contributed by atoms with Crippen LogP contribution in [0.15, 0.2) is 30.3 Å². The molecule has 5 nitrogen and oxygen atoms in total. The molecule has 0 atom stereocenters. The molecule has 1 aromatic heterocycles. The van der Waals surface area contributed by atoms with Crippen LogP contribution in [0.3, 0.4) is 0 Å². The minimum atomic E-state index is 0.115. The van der Waals surface area contributed by atoms with Gasteiger partial charge in [-0.25, -0.2) is 4.98 Å². The maximum Gasteiger partial charge on any atom is 0.233 e. The van der Waals surface area contributed by atoms with Gasteiger partial charge in [0.05, 0.1) is 29.9 Å². The van der Waals surface area contributed by atoms with Crippen LogP contribution >= 0.6 is 11.3 Å². The van der Waals surface area contributed by atoms with Crippen molar-refractivity contribution in [3.8, 4) is 0 Å².